The molecule has 0 atom stereocenters. The Balaban J connectivity index is 1.78. The van der Waals surface area contributed by atoms with Gasteiger partial charge in [0, 0.05) is 13.1 Å². The Bertz CT molecular complexity index is 509. The first kappa shape index (κ1) is 13.2. The van der Waals surface area contributed by atoms with Crippen LogP contribution in [-0.2, 0) is 0 Å². The van der Waals surface area contributed by atoms with Crippen molar-refractivity contribution in [1.29, 1.82) is 0 Å². The summed E-state index contributed by atoms with van der Waals surface area (Å²) in [5.74, 6) is 0.203. The molecular weight excluding hydrogens is 285 g/mol. The highest BCUT2D eigenvalue weighted by Gasteiger charge is 2.65. The molecule has 0 bridgehead atoms. The SMILES string of the molecule is FS(F)(F)(F)(F)c1ccc(C2CC3(CNC3)C2)cc1. The molecule has 1 heterocycles. The van der Waals surface area contributed by atoms with Gasteiger partial charge in [0.05, 0.1) is 0 Å². The van der Waals surface area contributed by atoms with E-state index in [0.29, 0.717) is 17.5 Å². The minimum absolute atomic E-state index is 0.203. The summed E-state index contributed by atoms with van der Waals surface area (Å²) in [6.07, 6.45) is 1.85. The van der Waals surface area contributed by atoms with Gasteiger partial charge >= 0.3 is 10.2 Å². The van der Waals surface area contributed by atoms with Crippen molar-refractivity contribution in [2.45, 2.75) is 23.7 Å². The summed E-state index contributed by atoms with van der Waals surface area (Å²) in [6.45, 7) is 1.90. The summed E-state index contributed by atoms with van der Waals surface area (Å²) in [5.41, 5.74) is 1.03. The smallest absolute Gasteiger partial charge is 0.310 e. The first-order valence-corrected chi connectivity index (χ1v) is 7.97. The lowest BCUT2D eigenvalue weighted by atomic mass is 9.57. The van der Waals surface area contributed by atoms with Crippen molar-refractivity contribution < 1.29 is 19.4 Å². The standard InChI is InChI=1S/C12H14F5NS/c13-19(14,15,16,17)11-3-1-9(2-4-11)10-5-12(6-10)7-18-8-12/h1-4,10,18H,5-8H2. The van der Waals surface area contributed by atoms with E-state index in [9.17, 15) is 19.4 Å². The highest BCUT2D eigenvalue weighted by atomic mass is 32.5. The predicted octanol–water partition coefficient (Wildman–Crippen LogP) is 4.81. The van der Waals surface area contributed by atoms with Gasteiger partial charge in [0.15, 0.2) is 0 Å². The van der Waals surface area contributed by atoms with Crippen LogP contribution in [0.5, 0.6) is 0 Å². The third-order valence-electron chi connectivity index (χ3n) is 4.16. The Kier molecular flexibility index (Phi) is 2.14. The molecule has 1 N–H and O–H groups in total. The van der Waals surface area contributed by atoms with Gasteiger partial charge in [-0.25, -0.2) is 0 Å². The molecule has 2 aliphatic rings. The molecular formula is C12H14F5NS. The second-order valence-corrected chi connectivity index (χ2v) is 8.16. The third kappa shape index (κ3) is 2.33. The zero-order valence-corrected chi connectivity index (χ0v) is 10.8. The van der Waals surface area contributed by atoms with Crippen LogP contribution in [0.25, 0.3) is 0 Å². The van der Waals surface area contributed by atoms with Crippen molar-refractivity contribution in [3.05, 3.63) is 29.8 Å². The average molecular weight is 299 g/mol. The van der Waals surface area contributed by atoms with Crippen molar-refractivity contribution in [1.82, 2.24) is 5.32 Å². The fourth-order valence-corrected chi connectivity index (χ4v) is 3.64. The Morgan fingerprint density at radius 2 is 1.47 bits per heavy atom. The highest BCUT2D eigenvalue weighted by molar-refractivity contribution is 8.45. The third-order valence-corrected chi connectivity index (χ3v) is 5.32. The Morgan fingerprint density at radius 3 is 1.84 bits per heavy atom. The van der Waals surface area contributed by atoms with Crippen LogP contribution in [0.15, 0.2) is 29.2 Å². The second-order valence-electron chi connectivity index (χ2n) is 5.75. The molecule has 0 amide bonds. The van der Waals surface area contributed by atoms with Gasteiger partial charge in [-0.2, -0.15) is 0 Å². The summed E-state index contributed by atoms with van der Waals surface area (Å²) < 4.78 is 62.8. The van der Waals surface area contributed by atoms with Crippen molar-refractivity contribution in [2.24, 2.45) is 5.41 Å². The summed E-state index contributed by atoms with van der Waals surface area (Å²) >= 11 is 0. The van der Waals surface area contributed by atoms with Gasteiger partial charge in [0.2, 0.25) is 0 Å². The molecule has 108 valence electrons. The first-order chi connectivity index (χ1) is 8.47. The van der Waals surface area contributed by atoms with Crippen LogP contribution in [0.1, 0.15) is 24.3 Å². The van der Waals surface area contributed by atoms with E-state index in [1.54, 1.807) is 0 Å². The molecule has 1 nitrogen and oxygen atoms in total. The lowest BCUT2D eigenvalue weighted by molar-refractivity contribution is 0.0363. The predicted molar refractivity (Wildman–Crippen MR) is 65.1 cm³/mol. The summed E-state index contributed by atoms with van der Waals surface area (Å²) in [7, 11) is -9.52. The molecule has 7 heteroatoms. The number of hydrogen-bond acceptors (Lipinski definition) is 1. The van der Waals surface area contributed by atoms with Gasteiger partial charge in [-0.3, -0.25) is 0 Å². The van der Waals surface area contributed by atoms with Gasteiger partial charge in [0.1, 0.15) is 4.90 Å². The minimum atomic E-state index is -9.52. The topological polar surface area (TPSA) is 12.0 Å². The van der Waals surface area contributed by atoms with Crippen molar-refractivity contribution in [3.63, 3.8) is 0 Å². The van der Waals surface area contributed by atoms with E-state index in [2.05, 4.69) is 5.32 Å². The van der Waals surface area contributed by atoms with E-state index < -0.39 is 15.1 Å². The number of rotatable bonds is 2. The zero-order chi connectivity index (χ0) is 14.0. The molecule has 0 unspecified atom stereocenters. The van der Waals surface area contributed by atoms with Gasteiger partial charge in [-0.1, -0.05) is 31.6 Å². The number of benzene rings is 1. The van der Waals surface area contributed by atoms with Crippen LogP contribution >= 0.6 is 10.2 Å². The highest BCUT2D eigenvalue weighted by Crippen LogP contribution is 3.02. The van der Waals surface area contributed by atoms with Gasteiger partial charge in [0.25, 0.3) is 0 Å². The maximum absolute atomic E-state index is 12.6. The second kappa shape index (κ2) is 3.09. The fraction of sp³-hybridized carbons (Fsp3) is 0.500. The molecule has 3 rings (SSSR count). The van der Waals surface area contributed by atoms with Crippen LogP contribution in [0, 0.1) is 5.41 Å². The Labute approximate surface area is 107 Å². The van der Waals surface area contributed by atoms with E-state index in [1.807, 2.05) is 0 Å². The lowest BCUT2D eigenvalue weighted by Crippen LogP contribution is -2.59. The average Bonchev–Trinajstić information content (AvgIpc) is 2.10. The molecule has 0 radical (unpaired) electrons. The minimum Gasteiger partial charge on any atom is -0.316 e. The molecule has 1 aliphatic carbocycles. The molecule has 1 aliphatic heterocycles. The van der Waals surface area contributed by atoms with Gasteiger partial charge in [-0.05, 0) is 41.9 Å². The molecule has 19 heavy (non-hydrogen) atoms. The van der Waals surface area contributed by atoms with E-state index >= 15 is 0 Å². The van der Waals surface area contributed by atoms with Crippen molar-refractivity contribution >= 4 is 10.2 Å². The van der Waals surface area contributed by atoms with Crippen LogP contribution in [0.4, 0.5) is 19.4 Å². The van der Waals surface area contributed by atoms with Crippen LogP contribution in [0.2, 0.25) is 0 Å². The summed E-state index contributed by atoms with van der Waals surface area (Å²) in [5, 5.41) is 3.17. The molecule has 0 aromatic heterocycles. The maximum atomic E-state index is 12.6. The van der Waals surface area contributed by atoms with Crippen LogP contribution < -0.4 is 5.32 Å². The number of halogens is 5. The summed E-state index contributed by atoms with van der Waals surface area (Å²) in [4.78, 5) is -1.80. The largest absolute Gasteiger partial charge is 0.316 e. The summed E-state index contributed by atoms with van der Waals surface area (Å²) in [6, 6.07) is 3.41. The molecule has 2 fully saturated rings. The fourth-order valence-electron chi connectivity index (χ4n) is 2.99. The normalized spacial score (nSPS) is 26.2. The molecule has 1 saturated carbocycles. The quantitative estimate of drug-likeness (QED) is 0.773. The molecule has 1 spiro atoms. The maximum Gasteiger partial charge on any atom is 0.310 e. The van der Waals surface area contributed by atoms with Crippen molar-refractivity contribution in [3.8, 4) is 0 Å². The molecule has 1 aromatic carbocycles. The van der Waals surface area contributed by atoms with Crippen LogP contribution in [-0.4, -0.2) is 13.1 Å². The molecule has 1 aromatic rings. The first-order valence-electron chi connectivity index (χ1n) is 6.02. The Hall–Kier alpha value is -0.820. The number of hydrogen-bond donors (Lipinski definition) is 1. The van der Waals surface area contributed by atoms with Crippen molar-refractivity contribution in [2.75, 3.05) is 13.1 Å². The molecule has 1 saturated heterocycles. The van der Waals surface area contributed by atoms with Gasteiger partial charge < -0.3 is 5.32 Å². The van der Waals surface area contributed by atoms with E-state index in [0.717, 1.165) is 31.5 Å². The Morgan fingerprint density at radius 1 is 0.947 bits per heavy atom. The lowest BCUT2D eigenvalue weighted by Gasteiger charge is -2.54. The zero-order valence-electron chi connectivity index (χ0n) is 10.0. The van der Waals surface area contributed by atoms with Gasteiger partial charge in [-0.15, -0.1) is 0 Å². The van der Waals surface area contributed by atoms with E-state index in [-0.39, 0.29) is 5.92 Å². The monoisotopic (exact) mass is 299 g/mol. The van der Waals surface area contributed by atoms with E-state index in [4.69, 9.17) is 0 Å². The van der Waals surface area contributed by atoms with E-state index in [1.165, 1.54) is 12.1 Å². The van der Waals surface area contributed by atoms with Crippen LogP contribution in [0.3, 0.4) is 0 Å². The number of nitrogens with one attached hydrogen (secondary N) is 1.